The number of likely N-dealkylation sites (tertiary alicyclic amines) is 1. The van der Waals surface area contributed by atoms with Crippen LogP contribution in [0.5, 0.6) is 5.75 Å². The number of nitrogens with zero attached hydrogens (tertiary/aromatic N) is 1. The molecule has 2 rings (SSSR count). The molecule has 0 aromatic heterocycles. The number of ether oxygens (including phenoxy) is 1. The Morgan fingerprint density at radius 3 is 2.76 bits per heavy atom. The Kier molecular flexibility index (Phi) is 3.68. The molecule has 0 bridgehead atoms. The van der Waals surface area contributed by atoms with Crippen LogP contribution in [0, 0.1) is 0 Å². The standard InChI is InChI=1S/C12H14BrF2NO/c1-17-11-3-2-9(6-10(11)13)7-16-5-4-12(14,15)8-16/h2-3,6H,4-5,7-8H2,1H3. The van der Waals surface area contributed by atoms with Gasteiger partial charge in [0, 0.05) is 19.5 Å². The van der Waals surface area contributed by atoms with Crippen LogP contribution < -0.4 is 4.74 Å². The predicted molar refractivity (Wildman–Crippen MR) is 65.5 cm³/mol. The van der Waals surface area contributed by atoms with Crippen LogP contribution in [0.15, 0.2) is 22.7 Å². The van der Waals surface area contributed by atoms with Gasteiger partial charge < -0.3 is 4.74 Å². The minimum atomic E-state index is -2.52. The monoisotopic (exact) mass is 305 g/mol. The first-order valence-corrected chi connectivity index (χ1v) is 6.22. The van der Waals surface area contributed by atoms with Gasteiger partial charge in [-0.1, -0.05) is 6.07 Å². The van der Waals surface area contributed by atoms with E-state index in [9.17, 15) is 8.78 Å². The molecule has 1 saturated heterocycles. The lowest BCUT2D eigenvalue weighted by atomic mass is 10.2. The van der Waals surface area contributed by atoms with Gasteiger partial charge in [0.05, 0.1) is 18.1 Å². The Morgan fingerprint density at radius 2 is 2.24 bits per heavy atom. The zero-order valence-electron chi connectivity index (χ0n) is 9.55. The molecule has 0 atom stereocenters. The van der Waals surface area contributed by atoms with Gasteiger partial charge in [-0.2, -0.15) is 0 Å². The van der Waals surface area contributed by atoms with Crippen LogP contribution in [0.1, 0.15) is 12.0 Å². The van der Waals surface area contributed by atoms with Gasteiger partial charge in [0.1, 0.15) is 5.75 Å². The van der Waals surface area contributed by atoms with Gasteiger partial charge in [0.2, 0.25) is 0 Å². The van der Waals surface area contributed by atoms with Crippen molar-refractivity contribution in [3.63, 3.8) is 0 Å². The average Bonchev–Trinajstić information content (AvgIpc) is 2.58. The summed E-state index contributed by atoms with van der Waals surface area (Å²) in [5, 5.41) is 0. The second kappa shape index (κ2) is 4.90. The van der Waals surface area contributed by atoms with Crippen LogP contribution in [-0.4, -0.2) is 31.0 Å². The van der Waals surface area contributed by atoms with Crippen LogP contribution in [0.4, 0.5) is 8.78 Å². The second-order valence-electron chi connectivity index (χ2n) is 4.29. The van der Waals surface area contributed by atoms with Crippen molar-refractivity contribution in [3.8, 4) is 5.75 Å². The Morgan fingerprint density at radius 1 is 1.47 bits per heavy atom. The van der Waals surface area contributed by atoms with Gasteiger partial charge in [0.25, 0.3) is 5.92 Å². The molecule has 0 amide bonds. The number of rotatable bonds is 3. The molecule has 17 heavy (non-hydrogen) atoms. The van der Waals surface area contributed by atoms with Crippen molar-refractivity contribution in [1.29, 1.82) is 0 Å². The molecule has 1 aliphatic rings. The van der Waals surface area contributed by atoms with E-state index in [1.165, 1.54) is 0 Å². The van der Waals surface area contributed by atoms with E-state index in [1.54, 1.807) is 12.0 Å². The summed E-state index contributed by atoms with van der Waals surface area (Å²) in [6, 6.07) is 5.66. The van der Waals surface area contributed by atoms with E-state index in [2.05, 4.69) is 15.9 Å². The number of halogens is 3. The van der Waals surface area contributed by atoms with Crippen molar-refractivity contribution < 1.29 is 13.5 Å². The zero-order valence-corrected chi connectivity index (χ0v) is 11.1. The molecular formula is C12H14BrF2NO. The first-order chi connectivity index (χ1) is 8.00. The molecule has 0 radical (unpaired) electrons. The van der Waals surface area contributed by atoms with E-state index in [0.29, 0.717) is 13.1 Å². The van der Waals surface area contributed by atoms with E-state index in [0.717, 1.165) is 15.8 Å². The summed E-state index contributed by atoms with van der Waals surface area (Å²) < 4.78 is 32.0. The van der Waals surface area contributed by atoms with Gasteiger partial charge in [-0.3, -0.25) is 4.90 Å². The van der Waals surface area contributed by atoms with Gasteiger partial charge >= 0.3 is 0 Å². The highest BCUT2D eigenvalue weighted by Gasteiger charge is 2.37. The Bertz CT molecular complexity index is 411. The topological polar surface area (TPSA) is 12.5 Å². The summed E-state index contributed by atoms with van der Waals surface area (Å²) in [6.45, 7) is 0.867. The highest BCUT2D eigenvalue weighted by atomic mass is 79.9. The molecular weight excluding hydrogens is 292 g/mol. The first-order valence-electron chi connectivity index (χ1n) is 5.43. The molecule has 1 aliphatic heterocycles. The number of methoxy groups -OCH3 is 1. The Balaban J connectivity index is 2.02. The van der Waals surface area contributed by atoms with Gasteiger partial charge in [0.15, 0.2) is 0 Å². The fourth-order valence-electron chi connectivity index (χ4n) is 2.01. The first kappa shape index (κ1) is 12.8. The lowest BCUT2D eigenvalue weighted by Gasteiger charge is -2.16. The summed E-state index contributed by atoms with van der Waals surface area (Å²) in [7, 11) is 1.60. The molecule has 2 nitrogen and oxygen atoms in total. The third-order valence-corrected chi connectivity index (χ3v) is 3.49. The minimum Gasteiger partial charge on any atom is -0.496 e. The molecule has 94 valence electrons. The maximum atomic E-state index is 13.0. The van der Waals surface area contributed by atoms with Crippen LogP contribution in [0.2, 0.25) is 0 Å². The van der Waals surface area contributed by atoms with E-state index in [4.69, 9.17) is 4.74 Å². The molecule has 0 aliphatic carbocycles. The Hall–Kier alpha value is -0.680. The molecule has 1 heterocycles. The van der Waals surface area contributed by atoms with Gasteiger partial charge in [-0.25, -0.2) is 8.78 Å². The molecule has 1 aromatic carbocycles. The summed E-state index contributed by atoms with van der Waals surface area (Å²) in [5.74, 6) is -1.77. The van der Waals surface area contributed by atoms with E-state index >= 15 is 0 Å². The SMILES string of the molecule is COc1ccc(CN2CCC(F)(F)C2)cc1Br. The molecule has 0 unspecified atom stereocenters. The highest BCUT2D eigenvalue weighted by molar-refractivity contribution is 9.10. The molecule has 0 saturated carbocycles. The third kappa shape index (κ3) is 3.16. The molecule has 0 spiro atoms. The lowest BCUT2D eigenvalue weighted by molar-refractivity contribution is 0.0115. The van der Waals surface area contributed by atoms with Crippen LogP contribution >= 0.6 is 15.9 Å². The Labute approximate surface area is 108 Å². The molecule has 0 N–H and O–H groups in total. The van der Waals surface area contributed by atoms with Crippen LogP contribution in [-0.2, 0) is 6.54 Å². The van der Waals surface area contributed by atoms with Gasteiger partial charge in [-0.15, -0.1) is 0 Å². The van der Waals surface area contributed by atoms with Crippen LogP contribution in [0.3, 0.4) is 0 Å². The quantitative estimate of drug-likeness (QED) is 0.849. The van der Waals surface area contributed by atoms with Crippen molar-refractivity contribution in [2.75, 3.05) is 20.2 Å². The smallest absolute Gasteiger partial charge is 0.261 e. The summed E-state index contributed by atoms with van der Waals surface area (Å²) >= 11 is 3.39. The largest absolute Gasteiger partial charge is 0.496 e. The summed E-state index contributed by atoms with van der Waals surface area (Å²) in [5.41, 5.74) is 1.01. The van der Waals surface area contributed by atoms with E-state index in [1.807, 2.05) is 18.2 Å². The van der Waals surface area contributed by atoms with E-state index < -0.39 is 5.92 Å². The van der Waals surface area contributed by atoms with Crippen molar-refractivity contribution >= 4 is 15.9 Å². The summed E-state index contributed by atoms with van der Waals surface area (Å²) in [4.78, 5) is 1.77. The van der Waals surface area contributed by atoms with Crippen molar-refractivity contribution in [1.82, 2.24) is 4.90 Å². The minimum absolute atomic E-state index is 0.0374. The average molecular weight is 306 g/mol. The van der Waals surface area contributed by atoms with Crippen molar-refractivity contribution in [2.45, 2.75) is 18.9 Å². The van der Waals surface area contributed by atoms with Crippen LogP contribution in [0.25, 0.3) is 0 Å². The number of hydrogen-bond acceptors (Lipinski definition) is 2. The third-order valence-electron chi connectivity index (χ3n) is 2.87. The fraction of sp³-hybridized carbons (Fsp3) is 0.500. The molecule has 1 aromatic rings. The van der Waals surface area contributed by atoms with Crippen molar-refractivity contribution in [2.24, 2.45) is 0 Å². The fourth-order valence-corrected chi connectivity index (χ4v) is 2.60. The molecule has 5 heteroatoms. The van der Waals surface area contributed by atoms with Gasteiger partial charge in [-0.05, 0) is 33.6 Å². The normalized spacial score (nSPS) is 19.5. The second-order valence-corrected chi connectivity index (χ2v) is 5.14. The highest BCUT2D eigenvalue weighted by Crippen LogP contribution is 2.30. The number of hydrogen-bond donors (Lipinski definition) is 0. The predicted octanol–water partition coefficient (Wildman–Crippen LogP) is 3.30. The number of alkyl halides is 2. The lowest BCUT2D eigenvalue weighted by Crippen LogP contribution is -2.24. The maximum Gasteiger partial charge on any atom is 0.261 e. The summed E-state index contributed by atoms with van der Waals surface area (Å²) in [6.07, 6.45) is -0.0374. The number of benzene rings is 1. The van der Waals surface area contributed by atoms with E-state index in [-0.39, 0.29) is 13.0 Å². The maximum absolute atomic E-state index is 13.0. The van der Waals surface area contributed by atoms with Crippen molar-refractivity contribution in [3.05, 3.63) is 28.2 Å². The molecule has 1 fully saturated rings. The zero-order chi connectivity index (χ0) is 12.5.